The quantitative estimate of drug-likeness (QED) is 0.497. The maximum Gasteiger partial charge on any atom is 0.343 e. The van der Waals surface area contributed by atoms with Crippen molar-refractivity contribution in [2.75, 3.05) is 25.6 Å². The second kappa shape index (κ2) is 10.1. The van der Waals surface area contributed by atoms with Gasteiger partial charge in [-0.2, -0.15) is 0 Å². The lowest BCUT2D eigenvalue weighted by Crippen LogP contribution is -2.36. The number of hydrogen-bond acceptors (Lipinski definition) is 7. The van der Waals surface area contributed by atoms with Crippen molar-refractivity contribution in [1.29, 1.82) is 0 Å². The molecule has 2 aromatic carbocycles. The number of ether oxygens (including phenoxy) is 2. The van der Waals surface area contributed by atoms with Crippen molar-refractivity contribution in [1.82, 2.24) is 4.90 Å². The Morgan fingerprint density at radius 2 is 1.84 bits per heavy atom. The number of amides is 3. The third-order valence-corrected chi connectivity index (χ3v) is 5.34. The van der Waals surface area contributed by atoms with Gasteiger partial charge in [-0.05, 0) is 36.0 Å². The standard InChI is InChI=1S/C21H17ClN2O6S/c1-29-19(26)12-30-16-9-5-2-6-13(16)10-17-20(27)24(21(28)31-17)11-18(25)23-15-8-4-3-7-14(15)22/h2-10H,11-12H2,1H3,(H,23,25)/b17-10+. The smallest absolute Gasteiger partial charge is 0.343 e. The molecule has 0 spiro atoms. The van der Waals surface area contributed by atoms with Crippen molar-refractivity contribution >= 4 is 58.1 Å². The highest BCUT2D eigenvalue weighted by atomic mass is 35.5. The van der Waals surface area contributed by atoms with Crippen LogP contribution in [0.3, 0.4) is 0 Å². The average Bonchev–Trinajstić information content (AvgIpc) is 3.01. The molecule has 0 radical (unpaired) electrons. The molecule has 160 valence electrons. The monoisotopic (exact) mass is 460 g/mol. The molecule has 0 bridgehead atoms. The lowest BCUT2D eigenvalue weighted by molar-refractivity contribution is -0.142. The van der Waals surface area contributed by atoms with Gasteiger partial charge in [-0.15, -0.1) is 0 Å². The van der Waals surface area contributed by atoms with Gasteiger partial charge in [0, 0.05) is 5.56 Å². The summed E-state index contributed by atoms with van der Waals surface area (Å²) in [4.78, 5) is 49.6. The van der Waals surface area contributed by atoms with Crippen LogP contribution in [-0.4, -0.2) is 48.2 Å². The highest BCUT2D eigenvalue weighted by Crippen LogP contribution is 2.34. The van der Waals surface area contributed by atoms with Crippen LogP contribution in [-0.2, 0) is 19.1 Å². The minimum atomic E-state index is -0.605. The third kappa shape index (κ3) is 5.65. The normalized spacial score (nSPS) is 14.6. The van der Waals surface area contributed by atoms with Gasteiger partial charge in [0.1, 0.15) is 12.3 Å². The Balaban J connectivity index is 1.71. The molecule has 1 N–H and O–H groups in total. The van der Waals surface area contributed by atoms with Crippen molar-refractivity contribution in [3.8, 4) is 5.75 Å². The number of benzene rings is 2. The van der Waals surface area contributed by atoms with E-state index >= 15 is 0 Å². The first kappa shape index (κ1) is 22.4. The fraction of sp³-hybridized carbons (Fsp3) is 0.143. The summed E-state index contributed by atoms with van der Waals surface area (Å²) in [5.41, 5.74) is 0.880. The predicted octanol–water partition coefficient (Wildman–Crippen LogP) is 3.57. The van der Waals surface area contributed by atoms with Gasteiger partial charge in [-0.1, -0.05) is 41.9 Å². The SMILES string of the molecule is COC(=O)COc1ccccc1/C=C1/SC(=O)N(CC(=O)Nc2ccccc2Cl)C1=O. The Hall–Kier alpha value is -3.30. The third-order valence-electron chi connectivity index (χ3n) is 4.10. The number of anilines is 1. The van der Waals surface area contributed by atoms with E-state index in [0.717, 1.165) is 4.90 Å². The number of esters is 1. The van der Waals surface area contributed by atoms with Gasteiger partial charge in [-0.3, -0.25) is 19.3 Å². The fourth-order valence-corrected chi connectivity index (χ4v) is 3.61. The summed E-state index contributed by atoms with van der Waals surface area (Å²) in [5.74, 6) is -1.37. The van der Waals surface area contributed by atoms with E-state index < -0.39 is 29.6 Å². The number of thioether (sulfide) groups is 1. The Morgan fingerprint density at radius 1 is 1.13 bits per heavy atom. The Kier molecular flexibility index (Phi) is 7.32. The van der Waals surface area contributed by atoms with Gasteiger partial charge in [-0.25, -0.2) is 4.79 Å². The lowest BCUT2D eigenvalue weighted by Gasteiger charge is -2.13. The van der Waals surface area contributed by atoms with E-state index in [2.05, 4.69) is 10.1 Å². The number of imide groups is 1. The molecule has 1 aliphatic heterocycles. The topological polar surface area (TPSA) is 102 Å². The van der Waals surface area contributed by atoms with Crippen LogP contribution in [0.25, 0.3) is 6.08 Å². The molecule has 1 saturated heterocycles. The molecular formula is C21H17ClN2O6S. The van der Waals surface area contributed by atoms with Crippen LogP contribution >= 0.6 is 23.4 Å². The van der Waals surface area contributed by atoms with E-state index in [1.54, 1.807) is 48.5 Å². The number of nitrogens with one attached hydrogen (secondary N) is 1. The van der Waals surface area contributed by atoms with Crippen molar-refractivity contribution in [2.45, 2.75) is 0 Å². The maximum atomic E-state index is 12.7. The van der Waals surface area contributed by atoms with Gasteiger partial charge in [0.2, 0.25) is 5.91 Å². The lowest BCUT2D eigenvalue weighted by atomic mass is 10.2. The predicted molar refractivity (Wildman–Crippen MR) is 117 cm³/mol. The summed E-state index contributed by atoms with van der Waals surface area (Å²) in [6.45, 7) is -0.751. The van der Waals surface area contributed by atoms with Crippen molar-refractivity contribution in [2.24, 2.45) is 0 Å². The first-order valence-electron chi connectivity index (χ1n) is 8.97. The molecule has 1 fully saturated rings. The summed E-state index contributed by atoms with van der Waals surface area (Å²) < 4.78 is 9.96. The second-order valence-electron chi connectivity index (χ2n) is 6.20. The molecular weight excluding hydrogens is 444 g/mol. The minimum Gasteiger partial charge on any atom is -0.481 e. The summed E-state index contributed by atoms with van der Waals surface area (Å²) in [6.07, 6.45) is 1.48. The van der Waals surface area contributed by atoms with E-state index in [0.29, 0.717) is 33.8 Å². The number of nitrogens with zero attached hydrogens (tertiary/aromatic N) is 1. The van der Waals surface area contributed by atoms with E-state index in [4.69, 9.17) is 16.3 Å². The molecule has 0 aliphatic carbocycles. The molecule has 0 unspecified atom stereocenters. The average molecular weight is 461 g/mol. The van der Waals surface area contributed by atoms with Crippen molar-refractivity contribution in [3.63, 3.8) is 0 Å². The van der Waals surface area contributed by atoms with Crippen LogP contribution in [0.1, 0.15) is 5.56 Å². The maximum absolute atomic E-state index is 12.7. The largest absolute Gasteiger partial charge is 0.481 e. The number of carbonyl (C=O) groups is 4. The van der Waals surface area contributed by atoms with Crippen molar-refractivity contribution in [3.05, 3.63) is 64.0 Å². The van der Waals surface area contributed by atoms with Crippen LogP contribution in [0.15, 0.2) is 53.4 Å². The Labute approximate surface area is 187 Å². The van der Waals surface area contributed by atoms with Crippen LogP contribution in [0, 0.1) is 0 Å². The van der Waals surface area contributed by atoms with Gasteiger partial charge in [0.05, 0.1) is 22.7 Å². The van der Waals surface area contributed by atoms with Crippen LogP contribution in [0.4, 0.5) is 10.5 Å². The molecule has 31 heavy (non-hydrogen) atoms. The van der Waals surface area contributed by atoms with E-state index in [1.165, 1.54) is 13.2 Å². The molecule has 3 amide bonds. The van der Waals surface area contributed by atoms with Gasteiger partial charge in [0.25, 0.3) is 11.1 Å². The molecule has 3 rings (SSSR count). The number of halogens is 1. The zero-order chi connectivity index (χ0) is 22.4. The number of rotatable bonds is 7. The fourth-order valence-electron chi connectivity index (χ4n) is 2.60. The molecule has 8 nitrogen and oxygen atoms in total. The van der Waals surface area contributed by atoms with E-state index in [9.17, 15) is 19.2 Å². The summed E-state index contributed by atoms with van der Waals surface area (Å²) in [6, 6.07) is 13.3. The molecule has 1 heterocycles. The van der Waals surface area contributed by atoms with Crippen molar-refractivity contribution < 1.29 is 28.7 Å². The van der Waals surface area contributed by atoms with E-state index in [1.807, 2.05) is 0 Å². The van der Waals surface area contributed by atoms with Gasteiger partial charge in [0.15, 0.2) is 6.61 Å². The minimum absolute atomic E-state index is 0.129. The zero-order valence-electron chi connectivity index (χ0n) is 16.3. The highest BCUT2D eigenvalue weighted by Gasteiger charge is 2.36. The van der Waals surface area contributed by atoms with E-state index in [-0.39, 0.29) is 11.5 Å². The highest BCUT2D eigenvalue weighted by molar-refractivity contribution is 8.18. The molecule has 1 aliphatic rings. The summed E-state index contributed by atoms with van der Waals surface area (Å²) >= 11 is 6.72. The number of methoxy groups -OCH3 is 1. The number of carbonyl (C=O) groups excluding carboxylic acids is 4. The number of para-hydroxylation sites is 2. The molecule has 10 heteroatoms. The van der Waals surface area contributed by atoms with Crippen LogP contribution in [0.2, 0.25) is 5.02 Å². The van der Waals surface area contributed by atoms with Crippen LogP contribution in [0.5, 0.6) is 5.75 Å². The van der Waals surface area contributed by atoms with Gasteiger partial charge >= 0.3 is 5.97 Å². The first-order valence-corrected chi connectivity index (χ1v) is 10.2. The Bertz CT molecular complexity index is 1070. The summed E-state index contributed by atoms with van der Waals surface area (Å²) in [5, 5.41) is 2.35. The molecule has 0 saturated carbocycles. The van der Waals surface area contributed by atoms with Crippen LogP contribution < -0.4 is 10.1 Å². The summed E-state index contributed by atoms with van der Waals surface area (Å²) in [7, 11) is 1.25. The van der Waals surface area contributed by atoms with Gasteiger partial charge < -0.3 is 14.8 Å². The Morgan fingerprint density at radius 3 is 2.58 bits per heavy atom. The zero-order valence-corrected chi connectivity index (χ0v) is 17.9. The first-order chi connectivity index (χ1) is 14.9. The molecule has 0 atom stereocenters. The number of hydrogen-bond donors (Lipinski definition) is 1. The molecule has 0 aromatic heterocycles. The molecule has 2 aromatic rings. The second-order valence-corrected chi connectivity index (χ2v) is 7.60.